The van der Waals surface area contributed by atoms with Crippen LogP contribution in [0.3, 0.4) is 0 Å². The predicted molar refractivity (Wildman–Crippen MR) is 73.6 cm³/mol. The number of nitrogens with two attached hydrogens (primary N) is 1. The number of benzene rings is 1. The van der Waals surface area contributed by atoms with Crippen LogP contribution in [0.5, 0.6) is 11.5 Å². The third-order valence-corrected chi connectivity index (χ3v) is 3.42. The average molecular weight is 277 g/mol. The largest absolute Gasteiger partial charge is 0.486 e. The van der Waals surface area contributed by atoms with Crippen LogP contribution >= 0.6 is 0 Å². The molecule has 2 N–H and O–H groups in total. The second-order valence-corrected chi connectivity index (χ2v) is 4.77. The smallest absolute Gasteiger partial charge is 0.162 e. The summed E-state index contributed by atoms with van der Waals surface area (Å²) >= 11 is 0. The molecule has 0 saturated heterocycles. The highest BCUT2D eigenvalue weighted by Gasteiger charge is 2.21. The van der Waals surface area contributed by atoms with E-state index in [0.29, 0.717) is 47.2 Å². The van der Waals surface area contributed by atoms with Crippen LogP contribution in [-0.2, 0) is 7.05 Å². The van der Waals surface area contributed by atoms with Gasteiger partial charge in [-0.25, -0.2) is 4.39 Å². The summed E-state index contributed by atoms with van der Waals surface area (Å²) in [6, 6.07) is 3.45. The molecule has 1 aliphatic rings. The monoisotopic (exact) mass is 277 g/mol. The minimum Gasteiger partial charge on any atom is -0.486 e. The topological polar surface area (TPSA) is 62.3 Å². The molecule has 1 aliphatic heterocycles. The lowest BCUT2D eigenvalue weighted by atomic mass is 9.97. The molecule has 3 rings (SSSR count). The van der Waals surface area contributed by atoms with Gasteiger partial charge in [-0.15, -0.1) is 0 Å². The highest BCUT2D eigenvalue weighted by atomic mass is 19.1. The van der Waals surface area contributed by atoms with Crippen LogP contribution in [0.2, 0.25) is 0 Å². The van der Waals surface area contributed by atoms with Crippen molar-refractivity contribution in [2.24, 2.45) is 7.05 Å². The second-order valence-electron chi connectivity index (χ2n) is 4.77. The fourth-order valence-corrected chi connectivity index (χ4v) is 2.32. The van der Waals surface area contributed by atoms with E-state index in [2.05, 4.69) is 5.10 Å². The van der Waals surface area contributed by atoms with Crippen molar-refractivity contribution in [1.29, 1.82) is 0 Å². The molecule has 1 aromatic heterocycles. The molecule has 0 radical (unpaired) electrons. The second kappa shape index (κ2) is 4.70. The molecule has 0 bridgehead atoms. The number of nitrogen functional groups attached to an aromatic ring is 1. The Morgan fingerprint density at radius 2 is 1.90 bits per heavy atom. The van der Waals surface area contributed by atoms with Crippen molar-refractivity contribution in [3.8, 4) is 22.6 Å². The summed E-state index contributed by atoms with van der Waals surface area (Å²) in [5, 5.41) is 4.10. The predicted octanol–water partition coefficient (Wildman–Crippen LogP) is 2.47. The Bertz CT molecular complexity index is 652. The molecule has 2 heterocycles. The normalized spacial score (nSPS) is 15.2. The van der Waals surface area contributed by atoms with Gasteiger partial charge in [0.2, 0.25) is 0 Å². The van der Waals surface area contributed by atoms with Crippen LogP contribution in [-0.4, -0.2) is 23.0 Å². The maximum absolute atomic E-state index is 13.9. The minimum atomic E-state index is -1.14. The van der Waals surface area contributed by atoms with Gasteiger partial charge in [0.1, 0.15) is 25.2 Å². The molecule has 0 aliphatic carbocycles. The number of halogens is 1. The lowest BCUT2D eigenvalue weighted by molar-refractivity contribution is 0.171. The van der Waals surface area contributed by atoms with Gasteiger partial charge < -0.3 is 15.2 Å². The van der Waals surface area contributed by atoms with Crippen LogP contribution < -0.4 is 15.2 Å². The molecule has 5 nitrogen and oxygen atoms in total. The third kappa shape index (κ3) is 1.97. The highest BCUT2D eigenvalue weighted by Crippen LogP contribution is 2.41. The SMILES string of the molecule is CC(F)c1cc2c(cc1-c1cnn(C)c1N)OCCO2. The summed E-state index contributed by atoms with van der Waals surface area (Å²) in [5.41, 5.74) is 7.90. The maximum atomic E-state index is 13.9. The van der Waals surface area contributed by atoms with Gasteiger partial charge in [0.15, 0.2) is 11.5 Å². The average Bonchev–Trinajstić information content (AvgIpc) is 2.77. The third-order valence-electron chi connectivity index (χ3n) is 3.42. The van der Waals surface area contributed by atoms with E-state index in [4.69, 9.17) is 15.2 Å². The molecule has 2 aromatic rings. The van der Waals surface area contributed by atoms with Crippen molar-refractivity contribution in [3.63, 3.8) is 0 Å². The molecule has 0 spiro atoms. The van der Waals surface area contributed by atoms with Crippen molar-refractivity contribution in [1.82, 2.24) is 9.78 Å². The first-order chi connectivity index (χ1) is 9.58. The molecule has 1 aromatic carbocycles. The molecule has 0 amide bonds. The summed E-state index contributed by atoms with van der Waals surface area (Å²) in [5.74, 6) is 1.67. The zero-order chi connectivity index (χ0) is 14.3. The van der Waals surface area contributed by atoms with Gasteiger partial charge in [0, 0.05) is 12.6 Å². The van der Waals surface area contributed by atoms with Crippen molar-refractivity contribution < 1.29 is 13.9 Å². The summed E-state index contributed by atoms with van der Waals surface area (Å²) in [6.45, 7) is 2.45. The van der Waals surface area contributed by atoms with E-state index in [1.165, 1.54) is 6.92 Å². The summed E-state index contributed by atoms with van der Waals surface area (Å²) < 4.78 is 26.5. The van der Waals surface area contributed by atoms with Gasteiger partial charge in [-0.2, -0.15) is 5.10 Å². The number of aryl methyl sites for hydroxylation is 1. The molecular weight excluding hydrogens is 261 g/mol. The van der Waals surface area contributed by atoms with Crippen molar-refractivity contribution in [3.05, 3.63) is 23.9 Å². The number of fused-ring (bicyclic) bond motifs is 1. The fraction of sp³-hybridized carbons (Fsp3) is 0.357. The number of nitrogens with zero attached hydrogens (tertiary/aromatic N) is 2. The number of rotatable bonds is 2. The van der Waals surface area contributed by atoms with Crippen molar-refractivity contribution in [2.75, 3.05) is 18.9 Å². The fourth-order valence-electron chi connectivity index (χ4n) is 2.32. The van der Waals surface area contributed by atoms with Gasteiger partial charge in [-0.3, -0.25) is 4.68 Å². The van der Waals surface area contributed by atoms with Crippen LogP contribution in [0.4, 0.5) is 10.2 Å². The highest BCUT2D eigenvalue weighted by molar-refractivity contribution is 5.78. The minimum absolute atomic E-state index is 0.474. The number of hydrogen-bond donors (Lipinski definition) is 1. The Labute approximate surface area is 116 Å². The van der Waals surface area contributed by atoms with Gasteiger partial charge in [-0.05, 0) is 30.2 Å². The van der Waals surface area contributed by atoms with E-state index in [-0.39, 0.29) is 0 Å². The van der Waals surface area contributed by atoms with Crippen LogP contribution in [0.15, 0.2) is 18.3 Å². The van der Waals surface area contributed by atoms with E-state index in [1.807, 2.05) is 0 Å². The first-order valence-electron chi connectivity index (χ1n) is 6.43. The van der Waals surface area contributed by atoms with E-state index >= 15 is 0 Å². The van der Waals surface area contributed by atoms with Gasteiger partial charge in [-0.1, -0.05) is 0 Å². The molecule has 6 heteroatoms. The number of anilines is 1. The number of ether oxygens (including phenoxy) is 2. The summed E-state index contributed by atoms with van der Waals surface area (Å²) in [7, 11) is 1.75. The number of alkyl halides is 1. The first-order valence-corrected chi connectivity index (χ1v) is 6.43. The lowest BCUT2D eigenvalue weighted by Gasteiger charge is -2.21. The molecule has 20 heavy (non-hydrogen) atoms. The maximum Gasteiger partial charge on any atom is 0.162 e. The summed E-state index contributed by atoms with van der Waals surface area (Å²) in [6.07, 6.45) is 0.493. The Hall–Kier alpha value is -2.24. The zero-order valence-corrected chi connectivity index (χ0v) is 11.4. The Balaban J connectivity index is 2.20. The van der Waals surface area contributed by atoms with Crippen molar-refractivity contribution >= 4 is 5.82 Å². The lowest BCUT2D eigenvalue weighted by Crippen LogP contribution is -2.16. The van der Waals surface area contributed by atoms with E-state index < -0.39 is 6.17 Å². The molecular formula is C14H16FN3O2. The number of hydrogen-bond acceptors (Lipinski definition) is 4. The zero-order valence-electron chi connectivity index (χ0n) is 11.4. The number of aromatic nitrogens is 2. The summed E-state index contributed by atoms with van der Waals surface area (Å²) in [4.78, 5) is 0. The van der Waals surface area contributed by atoms with E-state index in [0.717, 1.165) is 0 Å². The van der Waals surface area contributed by atoms with Crippen LogP contribution in [0.25, 0.3) is 11.1 Å². The molecule has 106 valence electrons. The Kier molecular flexibility index (Phi) is 3.00. The molecule has 1 unspecified atom stereocenters. The quantitative estimate of drug-likeness (QED) is 0.916. The molecule has 1 atom stereocenters. The Morgan fingerprint density at radius 3 is 2.45 bits per heavy atom. The van der Waals surface area contributed by atoms with Crippen LogP contribution in [0, 0.1) is 0 Å². The molecule has 0 saturated carbocycles. The van der Waals surface area contributed by atoms with Crippen LogP contribution in [0.1, 0.15) is 18.7 Å². The van der Waals surface area contributed by atoms with Gasteiger partial charge in [0.25, 0.3) is 0 Å². The van der Waals surface area contributed by atoms with E-state index in [1.54, 1.807) is 30.1 Å². The Morgan fingerprint density at radius 1 is 1.25 bits per heavy atom. The first kappa shape index (κ1) is 12.8. The van der Waals surface area contributed by atoms with E-state index in [9.17, 15) is 4.39 Å². The van der Waals surface area contributed by atoms with Crippen molar-refractivity contribution in [2.45, 2.75) is 13.1 Å². The van der Waals surface area contributed by atoms with Gasteiger partial charge >= 0.3 is 0 Å². The molecule has 0 fully saturated rings. The van der Waals surface area contributed by atoms with Gasteiger partial charge in [0.05, 0.1) is 6.20 Å². The standard InChI is InChI=1S/C14H16FN3O2/c1-8(15)9-5-12-13(20-4-3-19-12)6-10(9)11-7-17-18(2)14(11)16/h5-8H,3-4,16H2,1-2H3.